The van der Waals surface area contributed by atoms with Crippen LogP contribution in [0.5, 0.6) is 11.5 Å². The summed E-state index contributed by atoms with van der Waals surface area (Å²) in [4.78, 5) is 10.1. The summed E-state index contributed by atoms with van der Waals surface area (Å²) in [5.41, 5.74) is 5.59. The summed E-state index contributed by atoms with van der Waals surface area (Å²) in [7, 11) is 0. The van der Waals surface area contributed by atoms with Crippen LogP contribution in [-0.4, -0.2) is 9.97 Å². The molecule has 8 rings (SSSR count). The van der Waals surface area contributed by atoms with Crippen molar-refractivity contribution in [1.82, 2.24) is 9.97 Å². The van der Waals surface area contributed by atoms with E-state index >= 15 is 0 Å². The fraction of sp³-hybridized carbons (Fsp3) is 0. The van der Waals surface area contributed by atoms with E-state index in [1.54, 1.807) is 0 Å². The molecule has 0 saturated carbocycles. The highest BCUT2D eigenvalue weighted by atomic mass is 32.1. The number of ether oxygens (including phenoxy) is 1. The summed E-state index contributed by atoms with van der Waals surface area (Å²) in [6, 6.07) is 33.4. The van der Waals surface area contributed by atoms with Gasteiger partial charge in [-0.1, -0.05) is 60.7 Å². The zero-order valence-corrected chi connectivity index (χ0v) is 18.8. The Labute approximate surface area is 198 Å². The van der Waals surface area contributed by atoms with Gasteiger partial charge in [0, 0.05) is 36.7 Å². The predicted molar refractivity (Wildman–Crippen MR) is 141 cm³/mol. The predicted octanol–water partition coefficient (Wildman–Crippen LogP) is 8.59. The first-order chi connectivity index (χ1) is 16.8. The van der Waals surface area contributed by atoms with Crippen molar-refractivity contribution >= 4 is 53.3 Å². The number of thiophene rings is 1. The van der Waals surface area contributed by atoms with Gasteiger partial charge in [0.25, 0.3) is 0 Å². The highest BCUT2D eigenvalue weighted by molar-refractivity contribution is 7.26. The van der Waals surface area contributed by atoms with Gasteiger partial charge in [-0.2, -0.15) is 0 Å². The topological polar surface area (TPSA) is 35.0 Å². The lowest BCUT2D eigenvalue weighted by atomic mass is 9.98. The molecule has 0 atom stereocenters. The molecule has 7 aromatic rings. The Morgan fingerprint density at radius 1 is 0.529 bits per heavy atom. The third kappa shape index (κ3) is 2.46. The number of nitrogens with zero attached hydrogens (tertiary/aromatic N) is 2. The van der Waals surface area contributed by atoms with Crippen LogP contribution in [0.3, 0.4) is 0 Å². The summed E-state index contributed by atoms with van der Waals surface area (Å²) < 4.78 is 8.99. The molecule has 5 aromatic carbocycles. The lowest BCUT2D eigenvalue weighted by Gasteiger charge is -2.18. The summed E-state index contributed by atoms with van der Waals surface area (Å²) in [6.45, 7) is 0. The van der Waals surface area contributed by atoms with Crippen LogP contribution < -0.4 is 4.74 Å². The van der Waals surface area contributed by atoms with Crippen LogP contribution in [0.15, 0.2) is 97.1 Å². The molecule has 0 fully saturated rings. The lowest BCUT2D eigenvalue weighted by molar-refractivity contribution is 0.493. The molecule has 0 amide bonds. The highest BCUT2D eigenvalue weighted by Crippen LogP contribution is 2.51. The Bertz CT molecular complexity index is 1940. The van der Waals surface area contributed by atoms with Gasteiger partial charge in [0.15, 0.2) is 0 Å². The van der Waals surface area contributed by atoms with E-state index in [9.17, 15) is 0 Å². The van der Waals surface area contributed by atoms with Gasteiger partial charge in [0.2, 0.25) is 0 Å². The Balaban J connectivity index is 1.47. The quantitative estimate of drug-likeness (QED) is 0.263. The molecule has 34 heavy (non-hydrogen) atoms. The molecule has 3 nitrogen and oxygen atoms in total. The molecule has 1 aliphatic rings. The van der Waals surface area contributed by atoms with Crippen LogP contribution in [0.1, 0.15) is 0 Å². The van der Waals surface area contributed by atoms with Gasteiger partial charge in [-0.25, -0.2) is 9.97 Å². The summed E-state index contributed by atoms with van der Waals surface area (Å²) >= 11 is 1.81. The maximum absolute atomic E-state index is 6.50. The molecular formula is C30H16N2OS. The average Bonchev–Trinajstić information content (AvgIpc) is 3.28. The van der Waals surface area contributed by atoms with Crippen molar-refractivity contribution in [2.75, 3.05) is 0 Å². The van der Waals surface area contributed by atoms with Crippen molar-refractivity contribution in [3.63, 3.8) is 0 Å². The average molecular weight is 453 g/mol. The molecule has 0 saturated heterocycles. The maximum Gasteiger partial charge on any atom is 0.137 e. The number of aromatic nitrogens is 2. The number of rotatable bonds is 2. The van der Waals surface area contributed by atoms with Crippen molar-refractivity contribution in [1.29, 1.82) is 0 Å². The van der Waals surface area contributed by atoms with E-state index < -0.39 is 0 Å². The van der Waals surface area contributed by atoms with Gasteiger partial charge >= 0.3 is 0 Å². The van der Waals surface area contributed by atoms with Crippen molar-refractivity contribution in [2.24, 2.45) is 0 Å². The van der Waals surface area contributed by atoms with Crippen LogP contribution in [0.2, 0.25) is 0 Å². The summed E-state index contributed by atoms with van der Waals surface area (Å²) in [6.07, 6.45) is 0. The Hall–Kier alpha value is -4.28. The van der Waals surface area contributed by atoms with Crippen LogP contribution in [0, 0.1) is 0 Å². The van der Waals surface area contributed by atoms with Crippen LogP contribution >= 0.6 is 11.3 Å². The SMILES string of the molecule is c1ccc(-c2nc3ccccc3nc2-c2cc3c4c(c2)sc2ccc5cccc(c5c24)O3)cc1. The molecule has 0 unspecified atom stereocenters. The van der Waals surface area contributed by atoms with E-state index in [1.165, 1.54) is 30.9 Å². The minimum absolute atomic E-state index is 0.869. The van der Waals surface area contributed by atoms with Crippen LogP contribution in [0.4, 0.5) is 0 Å². The third-order valence-electron chi connectivity index (χ3n) is 6.62. The fourth-order valence-electron chi connectivity index (χ4n) is 5.11. The molecule has 0 radical (unpaired) electrons. The minimum atomic E-state index is 0.869. The molecule has 0 N–H and O–H groups in total. The van der Waals surface area contributed by atoms with Gasteiger partial charge in [-0.15, -0.1) is 11.3 Å². The zero-order chi connectivity index (χ0) is 22.2. The Morgan fingerprint density at radius 3 is 2.12 bits per heavy atom. The van der Waals surface area contributed by atoms with Gasteiger partial charge in [-0.05, 0) is 41.8 Å². The molecule has 158 valence electrons. The Morgan fingerprint density at radius 2 is 1.29 bits per heavy atom. The van der Waals surface area contributed by atoms with Crippen LogP contribution in [0.25, 0.3) is 64.5 Å². The standard InChI is InChI=1S/C30H16N2OS/c1-2-7-18(8-3-1)29-30(32-21-11-5-4-10-20(21)31-29)19-15-23-27-25(16-19)34-24-14-13-17-9-6-12-22(33-23)26(17)28(24)27/h1-16H. The second-order valence-corrected chi connectivity index (χ2v) is 9.70. The first kappa shape index (κ1) is 18.2. The van der Waals surface area contributed by atoms with Crippen molar-refractivity contribution in [3.05, 3.63) is 97.1 Å². The summed E-state index contributed by atoms with van der Waals surface area (Å²) in [5.74, 6) is 1.80. The van der Waals surface area contributed by atoms with Crippen molar-refractivity contribution < 1.29 is 4.74 Å². The molecule has 0 aliphatic carbocycles. The van der Waals surface area contributed by atoms with E-state index in [4.69, 9.17) is 14.7 Å². The maximum atomic E-state index is 6.50. The van der Waals surface area contributed by atoms with E-state index in [1.807, 2.05) is 53.8 Å². The number of para-hydroxylation sites is 2. The van der Waals surface area contributed by atoms with E-state index in [-0.39, 0.29) is 0 Å². The van der Waals surface area contributed by atoms with E-state index in [0.717, 1.165) is 45.0 Å². The number of benzene rings is 5. The van der Waals surface area contributed by atoms with Crippen LogP contribution in [-0.2, 0) is 0 Å². The normalized spacial score (nSPS) is 12.4. The third-order valence-corrected chi connectivity index (χ3v) is 7.72. The first-order valence-corrected chi connectivity index (χ1v) is 12.1. The second-order valence-electron chi connectivity index (χ2n) is 8.62. The zero-order valence-electron chi connectivity index (χ0n) is 17.9. The molecule has 4 heteroatoms. The van der Waals surface area contributed by atoms with Gasteiger partial charge in [-0.3, -0.25) is 0 Å². The minimum Gasteiger partial charge on any atom is -0.456 e. The van der Waals surface area contributed by atoms with Gasteiger partial charge < -0.3 is 4.74 Å². The second kappa shape index (κ2) is 6.62. The smallest absolute Gasteiger partial charge is 0.137 e. The molecule has 0 spiro atoms. The van der Waals surface area contributed by atoms with Crippen molar-refractivity contribution in [3.8, 4) is 34.0 Å². The molecular weight excluding hydrogens is 436 g/mol. The van der Waals surface area contributed by atoms with Crippen molar-refractivity contribution in [2.45, 2.75) is 0 Å². The first-order valence-electron chi connectivity index (χ1n) is 11.3. The molecule has 1 aliphatic heterocycles. The molecule has 0 bridgehead atoms. The molecule has 2 aromatic heterocycles. The van der Waals surface area contributed by atoms with E-state index in [2.05, 4.69) is 54.6 Å². The number of hydrogen-bond acceptors (Lipinski definition) is 4. The lowest BCUT2D eigenvalue weighted by Crippen LogP contribution is -1.97. The monoisotopic (exact) mass is 452 g/mol. The van der Waals surface area contributed by atoms with Gasteiger partial charge in [0.1, 0.15) is 11.5 Å². The largest absolute Gasteiger partial charge is 0.456 e. The number of hydrogen-bond donors (Lipinski definition) is 0. The van der Waals surface area contributed by atoms with Gasteiger partial charge in [0.05, 0.1) is 22.4 Å². The fourth-order valence-corrected chi connectivity index (χ4v) is 6.28. The summed E-state index contributed by atoms with van der Waals surface area (Å²) in [5, 5.41) is 4.92. The molecule has 3 heterocycles. The number of fused-ring (bicyclic) bond motifs is 1. The highest BCUT2D eigenvalue weighted by Gasteiger charge is 2.23. The Kier molecular flexibility index (Phi) is 3.54. The van der Waals surface area contributed by atoms with E-state index in [0.29, 0.717) is 0 Å².